The van der Waals surface area contributed by atoms with Crippen LogP contribution in [0.2, 0.25) is 0 Å². The van der Waals surface area contributed by atoms with E-state index in [2.05, 4.69) is 24.8 Å². The zero-order valence-electron chi connectivity index (χ0n) is 10.0. The van der Waals surface area contributed by atoms with Crippen molar-refractivity contribution in [2.24, 2.45) is 0 Å². The molecule has 1 heteroatoms. The van der Waals surface area contributed by atoms with Gasteiger partial charge < -0.3 is 5.11 Å². The van der Waals surface area contributed by atoms with Crippen LogP contribution in [0.3, 0.4) is 0 Å². The summed E-state index contributed by atoms with van der Waals surface area (Å²) in [6.45, 7) is 3.70. The van der Waals surface area contributed by atoms with Crippen molar-refractivity contribution in [2.45, 2.75) is 6.10 Å². The molecule has 1 nitrogen and oxygen atoms in total. The van der Waals surface area contributed by atoms with E-state index in [1.165, 1.54) is 0 Å². The normalized spacial score (nSPS) is 12.7. The van der Waals surface area contributed by atoms with Gasteiger partial charge in [0.15, 0.2) is 0 Å². The summed E-state index contributed by atoms with van der Waals surface area (Å²) >= 11 is 0. The average molecular weight is 234 g/mol. The molecule has 0 aliphatic heterocycles. The van der Waals surface area contributed by atoms with Gasteiger partial charge in [0.05, 0.1) is 6.10 Å². The average Bonchev–Trinajstić information content (AvgIpc) is 2.44. The topological polar surface area (TPSA) is 20.2 Å². The fourth-order valence-corrected chi connectivity index (χ4v) is 2.49. The van der Waals surface area contributed by atoms with E-state index >= 15 is 0 Å². The first-order chi connectivity index (χ1) is 8.81. The SMILES string of the molecule is C=CC(O)c1c2ccccc2cc2ccccc12. The molecular formula is C17H14O. The molecule has 0 saturated heterocycles. The zero-order valence-corrected chi connectivity index (χ0v) is 10.0. The number of hydrogen-bond donors (Lipinski definition) is 1. The highest BCUT2D eigenvalue weighted by Crippen LogP contribution is 2.32. The highest BCUT2D eigenvalue weighted by Gasteiger charge is 2.12. The Kier molecular flexibility index (Phi) is 2.62. The lowest BCUT2D eigenvalue weighted by Gasteiger charge is -2.14. The van der Waals surface area contributed by atoms with Gasteiger partial charge in [0.2, 0.25) is 0 Å². The predicted molar refractivity (Wildman–Crippen MR) is 76.6 cm³/mol. The van der Waals surface area contributed by atoms with Crippen molar-refractivity contribution in [1.29, 1.82) is 0 Å². The summed E-state index contributed by atoms with van der Waals surface area (Å²) in [6.07, 6.45) is 0.940. The van der Waals surface area contributed by atoms with E-state index in [1.54, 1.807) is 6.08 Å². The van der Waals surface area contributed by atoms with Crippen LogP contribution in [0.5, 0.6) is 0 Å². The van der Waals surface area contributed by atoms with Gasteiger partial charge in [-0.3, -0.25) is 0 Å². The van der Waals surface area contributed by atoms with Gasteiger partial charge in [-0.05, 0) is 33.2 Å². The van der Waals surface area contributed by atoms with Gasteiger partial charge >= 0.3 is 0 Å². The molecule has 0 aromatic heterocycles. The summed E-state index contributed by atoms with van der Waals surface area (Å²) < 4.78 is 0. The Hall–Kier alpha value is -2.12. The van der Waals surface area contributed by atoms with E-state index in [1.807, 2.05) is 36.4 Å². The number of aliphatic hydroxyl groups excluding tert-OH is 1. The Morgan fingerprint density at radius 2 is 1.39 bits per heavy atom. The van der Waals surface area contributed by atoms with Gasteiger partial charge in [0.25, 0.3) is 0 Å². The van der Waals surface area contributed by atoms with Gasteiger partial charge in [-0.15, -0.1) is 6.58 Å². The second-order valence-corrected chi connectivity index (χ2v) is 4.41. The van der Waals surface area contributed by atoms with Gasteiger partial charge in [-0.2, -0.15) is 0 Å². The fraction of sp³-hybridized carbons (Fsp3) is 0.0588. The van der Waals surface area contributed by atoms with Crippen molar-refractivity contribution in [3.8, 4) is 0 Å². The second kappa shape index (κ2) is 4.28. The van der Waals surface area contributed by atoms with Crippen molar-refractivity contribution in [3.63, 3.8) is 0 Å². The van der Waals surface area contributed by atoms with Gasteiger partial charge in [0, 0.05) is 0 Å². The van der Waals surface area contributed by atoms with Crippen molar-refractivity contribution >= 4 is 21.5 Å². The molecule has 0 aliphatic carbocycles. The molecule has 0 fully saturated rings. The molecule has 3 aromatic rings. The van der Waals surface area contributed by atoms with Crippen molar-refractivity contribution in [2.75, 3.05) is 0 Å². The van der Waals surface area contributed by atoms with Crippen LogP contribution in [0.4, 0.5) is 0 Å². The minimum atomic E-state index is -0.638. The Bertz CT molecular complexity index is 674. The lowest BCUT2D eigenvalue weighted by Crippen LogP contribution is -1.96. The maximum Gasteiger partial charge on any atom is 0.0981 e. The molecule has 0 amide bonds. The van der Waals surface area contributed by atoms with Crippen LogP contribution in [0, 0.1) is 0 Å². The summed E-state index contributed by atoms with van der Waals surface area (Å²) in [5.41, 5.74) is 0.943. The van der Waals surface area contributed by atoms with E-state index in [0.717, 1.165) is 27.1 Å². The molecule has 0 aliphatic rings. The third-order valence-electron chi connectivity index (χ3n) is 3.33. The van der Waals surface area contributed by atoms with Crippen LogP contribution in [0.1, 0.15) is 11.7 Å². The summed E-state index contributed by atoms with van der Waals surface area (Å²) in [6, 6.07) is 18.4. The molecule has 1 atom stereocenters. The molecule has 0 heterocycles. The first-order valence-electron chi connectivity index (χ1n) is 6.02. The third-order valence-corrected chi connectivity index (χ3v) is 3.33. The van der Waals surface area contributed by atoms with E-state index in [-0.39, 0.29) is 0 Å². The summed E-state index contributed by atoms with van der Waals surface area (Å²) in [5.74, 6) is 0. The van der Waals surface area contributed by atoms with Crippen LogP contribution in [0.25, 0.3) is 21.5 Å². The van der Waals surface area contributed by atoms with E-state index in [0.29, 0.717) is 0 Å². The summed E-state index contributed by atoms with van der Waals surface area (Å²) in [5, 5.41) is 14.7. The predicted octanol–water partition coefficient (Wildman–Crippen LogP) is 4.21. The van der Waals surface area contributed by atoms with Gasteiger partial charge in [-0.25, -0.2) is 0 Å². The number of rotatable bonds is 2. The van der Waals surface area contributed by atoms with E-state index in [9.17, 15) is 5.11 Å². The molecule has 0 bridgehead atoms. The summed E-state index contributed by atoms with van der Waals surface area (Å²) in [4.78, 5) is 0. The quantitative estimate of drug-likeness (QED) is 0.520. The Morgan fingerprint density at radius 1 is 0.889 bits per heavy atom. The molecular weight excluding hydrogens is 220 g/mol. The maximum atomic E-state index is 10.2. The Balaban J connectivity index is 2.53. The molecule has 0 saturated carbocycles. The molecule has 3 rings (SSSR count). The highest BCUT2D eigenvalue weighted by molar-refractivity contribution is 6.02. The van der Waals surface area contributed by atoms with Crippen molar-refractivity contribution in [3.05, 3.63) is 72.8 Å². The van der Waals surface area contributed by atoms with Crippen molar-refractivity contribution < 1.29 is 5.11 Å². The fourth-order valence-electron chi connectivity index (χ4n) is 2.49. The Labute approximate surface area is 106 Å². The first-order valence-corrected chi connectivity index (χ1v) is 6.02. The highest BCUT2D eigenvalue weighted by atomic mass is 16.3. The molecule has 88 valence electrons. The minimum absolute atomic E-state index is 0.638. The summed E-state index contributed by atoms with van der Waals surface area (Å²) in [7, 11) is 0. The maximum absolute atomic E-state index is 10.2. The zero-order chi connectivity index (χ0) is 12.5. The van der Waals surface area contributed by atoms with Crippen LogP contribution in [-0.2, 0) is 0 Å². The molecule has 1 N–H and O–H groups in total. The number of fused-ring (bicyclic) bond motifs is 2. The van der Waals surface area contributed by atoms with Gasteiger partial charge in [-0.1, -0.05) is 54.6 Å². The Morgan fingerprint density at radius 3 is 1.89 bits per heavy atom. The second-order valence-electron chi connectivity index (χ2n) is 4.41. The van der Waals surface area contributed by atoms with Crippen LogP contribution in [0.15, 0.2) is 67.3 Å². The monoisotopic (exact) mass is 234 g/mol. The lowest BCUT2D eigenvalue weighted by molar-refractivity contribution is 0.232. The standard InChI is InChI=1S/C17H14O/c1-2-16(18)17-14-9-5-3-7-12(14)11-13-8-4-6-10-15(13)17/h2-11,16,18H,1H2. The molecule has 1 unspecified atom stereocenters. The molecule has 18 heavy (non-hydrogen) atoms. The largest absolute Gasteiger partial charge is 0.384 e. The van der Waals surface area contributed by atoms with Gasteiger partial charge in [0.1, 0.15) is 0 Å². The van der Waals surface area contributed by atoms with Crippen LogP contribution in [-0.4, -0.2) is 5.11 Å². The minimum Gasteiger partial charge on any atom is -0.384 e. The van der Waals surface area contributed by atoms with E-state index in [4.69, 9.17) is 0 Å². The number of benzene rings is 3. The third kappa shape index (κ3) is 1.60. The molecule has 0 spiro atoms. The van der Waals surface area contributed by atoms with Crippen molar-refractivity contribution in [1.82, 2.24) is 0 Å². The first kappa shape index (κ1) is 11.0. The number of aliphatic hydroxyl groups is 1. The van der Waals surface area contributed by atoms with E-state index < -0.39 is 6.10 Å². The number of hydrogen-bond acceptors (Lipinski definition) is 1. The van der Waals surface area contributed by atoms with Crippen LogP contribution >= 0.6 is 0 Å². The van der Waals surface area contributed by atoms with Crippen LogP contribution < -0.4 is 0 Å². The smallest absolute Gasteiger partial charge is 0.0981 e. The molecule has 0 radical (unpaired) electrons. The lowest BCUT2D eigenvalue weighted by atomic mass is 9.93. The molecule has 3 aromatic carbocycles.